The molecule has 0 fully saturated rings. The summed E-state index contributed by atoms with van der Waals surface area (Å²) < 4.78 is 26.0. The number of para-hydroxylation sites is 1. The van der Waals surface area contributed by atoms with Gasteiger partial charge in [0.05, 0.1) is 33.4 Å². The molecule has 1 aliphatic rings. The molecule has 0 N–H and O–H groups in total. The third kappa shape index (κ3) is 7.00. The molecule has 10 heteroatoms. The van der Waals surface area contributed by atoms with Gasteiger partial charge in [0.15, 0.2) is 16.3 Å². The average Bonchev–Trinajstić information content (AvgIpc) is 3.38. The van der Waals surface area contributed by atoms with Gasteiger partial charge < -0.3 is 18.9 Å². The lowest BCUT2D eigenvalue weighted by molar-refractivity contribution is -0.130. The van der Waals surface area contributed by atoms with Crippen molar-refractivity contribution >= 4 is 39.3 Å². The highest BCUT2D eigenvalue weighted by Gasteiger charge is 2.33. The minimum absolute atomic E-state index is 0.274. The molecule has 244 valence electrons. The molecule has 1 aliphatic heterocycles. The van der Waals surface area contributed by atoms with Crippen molar-refractivity contribution in [1.29, 1.82) is 0 Å². The quantitative estimate of drug-likeness (QED) is 0.0907. The van der Waals surface area contributed by atoms with E-state index in [0.717, 1.165) is 22.4 Å². The summed E-state index contributed by atoms with van der Waals surface area (Å²) in [6, 6.07) is 27.2. The number of benzene rings is 4. The van der Waals surface area contributed by atoms with Gasteiger partial charge in [-0.15, -0.1) is 0 Å². The number of allylic oxidation sites excluding steroid dienone is 1. The number of ether oxygens (including phenoxy) is 4. The first-order valence-electron chi connectivity index (χ1n) is 15.3. The highest BCUT2D eigenvalue weighted by molar-refractivity contribution is 9.10. The number of halogens is 1. The summed E-state index contributed by atoms with van der Waals surface area (Å²) in [6.07, 6.45) is 1.78. The number of carbonyl (C=O) groups is 1. The smallest absolute Gasteiger partial charge is 0.343 e. The van der Waals surface area contributed by atoms with Crippen LogP contribution in [0, 0.1) is 13.8 Å². The van der Waals surface area contributed by atoms with Gasteiger partial charge >= 0.3 is 5.97 Å². The average molecular weight is 726 g/mol. The number of thiazole rings is 1. The number of hydrogen-bond donors (Lipinski definition) is 0. The third-order valence-electron chi connectivity index (χ3n) is 7.94. The number of carbonyl (C=O) groups excluding carboxylic acids is 1. The second kappa shape index (κ2) is 14.5. The molecular formula is C38H33BrN2O6S. The molecule has 0 radical (unpaired) electrons. The Labute approximate surface area is 290 Å². The number of aryl methyl sites for hydroxylation is 2. The molecule has 0 saturated carbocycles. The molecule has 0 bridgehead atoms. The van der Waals surface area contributed by atoms with Gasteiger partial charge in [0.25, 0.3) is 5.56 Å². The number of methoxy groups -OCH3 is 1. The molecule has 0 amide bonds. The Bertz CT molecular complexity index is 2190. The normalized spacial score (nSPS) is 14.3. The zero-order valence-electron chi connectivity index (χ0n) is 26.9. The largest absolute Gasteiger partial charge is 0.493 e. The lowest BCUT2D eigenvalue weighted by Crippen LogP contribution is -2.40. The van der Waals surface area contributed by atoms with Crippen molar-refractivity contribution in [2.75, 3.05) is 20.3 Å². The first kappa shape index (κ1) is 33.0. The van der Waals surface area contributed by atoms with E-state index in [1.165, 1.54) is 16.9 Å². The van der Waals surface area contributed by atoms with Crippen LogP contribution in [0.2, 0.25) is 0 Å². The van der Waals surface area contributed by atoms with Crippen LogP contribution in [0.3, 0.4) is 0 Å². The van der Waals surface area contributed by atoms with Gasteiger partial charge in [-0.25, -0.2) is 9.79 Å². The Morgan fingerprint density at radius 3 is 2.31 bits per heavy atom. The number of aromatic nitrogens is 1. The van der Waals surface area contributed by atoms with Crippen molar-refractivity contribution in [3.8, 4) is 23.0 Å². The van der Waals surface area contributed by atoms with Gasteiger partial charge in [0.2, 0.25) is 0 Å². The summed E-state index contributed by atoms with van der Waals surface area (Å²) in [5, 5.41) is 0. The number of esters is 1. The minimum Gasteiger partial charge on any atom is -0.493 e. The fraction of sp³-hybridized carbons (Fsp3) is 0.184. The molecule has 6 rings (SSSR count). The van der Waals surface area contributed by atoms with E-state index in [1.54, 1.807) is 48.9 Å². The molecule has 0 spiro atoms. The van der Waals surface area contributed by atoms with Gasteiger partial charge in [-0.1, -0.05) is 65.9 Å². The summed E-state index contributed by atoms with van der Waals surface area (Å²) in [5.74, 6) is 1.66. The van der Waals surface area contributed by atoms with Gasteiger partial charge in [-0.3, -0.25) is 9.36 Å². The van der Waals surface area contributed by atoms with E-state index in [4.69, 9.17) is 23.9 Å². The van der Waals surface area contributed by atoms with E-state index < -0.39 is 12.0 Å². The Balaban J connectivity index is 1.30. The van der Waals surface area contributed by atoms with Crippen molar-refractivity contribution in [3.63, 3.8) is 0 Å². The van der Waals surface area contributed by atoms with E-state index >= 15 is 0 Å². The molecule has 1 unspecified atom stereocenters. The van der Waals surface area contributed by atoms with Crippen LogP contribution in [0.4, 0.5) is 0 Å². The summed E-state index contributed by atoms with van der Waals surface area (Å²) in [7, 11) is 1.57. The predicted octanol–water partition coefficient (Wildman–Crippen LogP) is 6.69. The van der Waals surface area contributed by atoms with Crippen LogP contribution in [-0.4, -0.2) is 30.9 Å². The Morgan fingerprint density at radius 1 is 0.896 bits per heavy atom. The highest BCUT2D eigenvalue weighted by Crippen LogP contribution is 2.37. The zero-order chi connectivity index (χ0) is 33.8. The molecular weight excluding hydrogens is 692 g/mol. The molecule has 2 heterocycles. The second-order valence-corrected chi connectivity index (χ2v) is 13.0. The second-order valence-electron chi connectivity index (χ2n) is 11.2. The lowest BCUT2D eigenvalue weighted by atomic mass is 9.96. The van der Waals surface area contributed by atoms with Crippen molar-refractivity contribution in [1.82, 2.24) is 4.57 Å². The minimum atomic E-state index is -0.719. The monoisotopic (exact) mass is 724 g/mol. The summed E-state index contributed by atoms with van der Waals surface area (Å²) in [6.45, 7) is 6.53. The van der Waals surface area contributed by atoms with Crippen LogP contribution < -0.4 is 33.8 Å². The number of rotatable bonds is 10. The first-order chi connectivity index (χ1) is 23.2. The van der Waals surface area contributed by atoms with Crippen molar-refractivity contribution < 1.29 is 23.7 Å². The van der Waals surface area contributed by atoms with E-state index in [1.807, 2.05) is 73.7 Å². The number of fused-ring (bicyclic) bond motifs is 1. The highest BCUT2D eigenvalue weighted by atomic mass is 79.9. The maximum Gasteiger partial charge on any atom is 0.343 e. The molecule has 5 aromatic rings. The Hall–Kier alpha value is -4.93. The van der Waals surface area contributed by atoms with Crippen LogP contribution in [0.25, 0.3) is 6.08 Å². The molecule has 1 aromatic heterocycles. The molecule has 4 aromatic carbocycles. The predicted molar refractivity (Wildman–Crippen MR) is 190 cm³/mol. The Kier molecular flexibility index (Phi) is 9.93. The van der Waals surface area contributed by atoms with Gasteiger partial charge in [-0.2, -0.15) is 0 Å². The first-order valence-corrected chi connectivity index (χ1v) is 16.9. The summed E-state index contributed by atoms with van der Waals surface area (Å²) >= 11 is 4.87. The molecule has 1 atom stereocenters. The zero-order valence-corrected chi connectivity index (χ0v) is 29.3. The van der Waals surface area contributed by atoms with Gasteiger partial charge in [0, 0.05) is 0 Å². The maximum absolute atomic E-state index is 14.1. The lowest BCUT2D eigenvalue weighted by Gasteiger charge is -2.24. The van der Waals surface area contributed by atoms with Gasteiger partial charge in [0.1, 0.15) is 24.7 Å². The van der Waals surface area contributed by atoms with Crippen molar-refractivity contribution in [2.45, 2.75) is 26.8 Å². The molecule has 0 saturated heterocycles. The third-order valence-corrected chi connectivity index (χ3v) is 9.51. The SMILES string of the molecule is COc1cc(C=c2sc3n(c2=O)C(c2ccccc2)C(C(=O)Oc2ccccc2)=C(C)N=3)cc(Br)c1OCCOc1ccc(C)c(C)c1. The molecule has 48 heavy (non-hydrogen) atoms. The van der Waals surface area contributed by atoms with Crippen molar-refractivity contribution in [2.24, 2.45) is 4.99 Å². The van der Waals surface area contributed by atoms with Crippen LogP contribution >= 0.6 is 27.3 Å². The van der Waals surface area contributed by atoms with Crippen LogP contribution in [0.5, 0.6) is 23.0 Å². The standard InChI is InChI=1S/C38H33BrN2O6S/c1-23-15-16-29(19-24(23)2)45-17-18-46-35-30(39)20-26(21-31(35)44-4)22-32-36(42)41-34(27-11-7-5-8-12-27)33(25(3)40-38(41)48-32)37(43)47-28-13-9-6-10-14-28/h5-16,19-22,34H,17-18H2,1-4H3. The molecule has 8 nitrogen and oxygen atoms in total. The van der Waals surface area contributed by atoms with E-state index in [9.17, 15) is 9.59 Å². The maximum atomic E-state index is 14.1. The summed E-state index contributed by atoms with van der Waals surface area (Å²) in [4.78, 5) is 32.9. The fourth-order valence-electron chi connectivity index (χ4n) is 5.41. The van der Waals surface area contributed by atoms with Gasteiger partial charge in [-0.05, 0) is 101 Å². The van der Waals surface area contributed by atoms with Crippen LogP contribution in [0.15, 0.2) is 117 Å². The van der Waals surface area contributed by atoms with E-state index in [-0.39, 0.29) is 5.56 Å². The summed E-state index contributed by atoms with van der Waals surface area (Å²) in [5.41, 5.74) is 4.38. The van der Waals surface area contributed by atoms with Crippen LogP contribution in [-0.2, 0) is 4.79 Å². The Morgan fingerprint density at radius 2 is 1.60 bits per heavy atom. The molecule has 0 aliphatic carbocycles. The fourth-order valence-corrected chi connectivity index (χ4v) is 7.03. The topological polar surface area (TPSA) is 88.4 Å². The van der Waals surface area contributed by atoms with E-state index in [0.29, 0.717) is 55.5 Å². The number of hydrogen-bond acceptors (Lipinski definition) is 8. The van der Waals surface area contributed by atoms with Crippen LogP contribution in [0.1, 0.15) is 35.2 Å². The van der Waals surface area contributed by atoms with Crippen molar-refractivity contribution in [3.05, 3.63) is 149 Å². The van der Waals surface area contributed by atoms with E-state index in [2.05, 4.69) is 22.9 Å². The number of nitrogens with zero attached hydrogens (tertiary/aromatic N) is 2.